The minimum atomic E-state index is -0.889. The lowest BCUT2D eigenvalue weighted by Gasteiger charge is -2.10. The van der Waals surface area contributed by atoms with E-state index in [0.29, 0.717) is 5.56 Å². The topological polar surface area (TPSA) is 137 Å². The molecule has 0 fully saturated rings. The highest BCUT2D eigenvalue weighted by Crippen LogP contribution is 2.24. The van der Waals surface area contributed by atoms with Gasteiger partial charge in [-0.1, -0.05) is 0 Å². The third-order valence-electron chi connectivity index (χ3n) is 3.92. The number of nitro groups is 1. The third-order valence-corrected chi connectivity index (χ3v) is 3.92. The van der Waals surface area contributed by atoms with Gasteiger partial charge in [0.15, 0.2) is 6.10 Å². The molecule has 11 heteroatoms. The van der Waals surface area contributed by atoms with Crippen molar-refractivity contribution >= 4 is 17.6 Å². The predicted molar refractivity (Wildman–Crippen MR) is 99.6 cm³/mol. The zero-order chi connectivity index (χ0) is 21.7. The number of nitrogens with one attached hydrogen (secondary N) is 1. The number of non-ortho nitro benzene ring substituents is 1. The molecule has 1 N–H and O–H groups in total. The van der Waals surface area contributed by atoms with Gasteiger partial charge in [-0.25, -0.2) is 4.39 Å². The Balaban J connectivity index is 1.54. The molecule has 0 unspecified atom stereocenters. The number of amides is 1. The smallest absolute Gasteiger partial charge is 0.326 e. The van der Waals surface area contributed by atoms with Gasteiger partial charge in [-0.3, -0.25) is 19.7 Å². The lowest BCUT2D eigenvalue weighted by molar-refractivity contribution is -0.384. The van der Waals surface area contributed by atoms with Crippen LogP contribution in [0, 0.1) is 15.9 Å². The molecule has 1 atom stereocenters. The highest BCUT2D eigenvalue weighted by molar-refractivity contribution is 5.95. The Morgan fingerprint density at radius 3 is 2.47 bits per heavy atom. The summed E-state index contributed by atoms with van der Waals surface area (Å²) in [7, 11) is 0. The molecule has 10 nitrogen and oxygen atoms in total. The molecular weight excluding hydrogens is 399 g/mol. The number of hydrogen-bond donors (Lipinski definition) is 1. The van der Waals surface area contributed by atoms with Gasteiger partial charge in [0.2, 0.25) is 5.89 Å². The molecule has 0 saturated heterocycles. The molecule has 0 bridgehead atoms. The number of nitrogens with zero attached hydrogens (tertiary/aromatic N) is 3. The Bertz CT molecular complexity index is 1070. The van der Waals surface area contributed by atoms with Gasteiger partial charge in [0.1, 0.15) is 12.4 Å². The average molecular weight is 414 g/mol. The van der Waals surface area contributed by atoms with Gasteiger partial charge in [-0.2, -0.15) is 0 Å². The molecular formula is C19H15FN4O6. The largest absolute Gasteiger partial charge is 0.451 e. The van der Waals surface area contributed by atoms with Crippen molar-refractivity contribution in [3.63, 3.8) is 0 Å². The molecule has 0 radical (unpaired) electrons. The maximum Gasteiger partial charge on any atom is 0.326 e. The van der Waals surface area contributed by atoms with Crippen molar-refractivity contribution in [2.24, 2.45) is 0 Å². The number of benzene rings is 2. The highest BCUT2D eigenvalue weighted by Gasteiger charge is 2.20. The van der Waals surface area contributed by atoms with E-state index < -0.39 is 35.3 Å². The van der Waals surface area contributed by atoms with Crippen LogP contribution in [0.2, 0.25) is 0 Å². The van der Waals surface area contributed by atoms with Crippen LogP contribution in [0.3, 0.4) is 0 Å². The van der Waals surface area contributed by atoms with E-state index in [2.05, 4.69) is 15.5 Å². The fraction of sp³-hybridized carbons (Fsp3) is 0.158. The third kappa shape index (κ3) is 5.01. The fourth-order valence-corrected chi connectivity index (χ4v) is 2.39. The van der Waals surface area contributed by atoms with E-state index in [4.69, 9.17) is 9.15 Å². The van der Waals surface area contributed by atoms with Crippen molar-refractivity contribution in [3.05, 3.63) is 75.9 Å². The van der Waals surface area contributed by atoms with Gasteiger partial charge in [0.25, 0.3) is 17.5 Å². The van der Waals surface area contributed by atoms with E-state index in [9.17, 15) is 24.1 Å². The normalized spacial score (nSPS) is 11.5. The number of nitro benzene ring substituents is 1. The number of halogens is 1. The first kappa shape index (κ1) is 20.6. The fourth-order valence-electron chi connectivity index (χ4n) is 2.39. The van der Waals surface area contributed by atoms with Gasteiger partial charge in [-0.05, 0) is 43.3 Å². The number of aromatic nitrogens is 2. The van der Waals surface area contributed by atoms with Gasteiger partial charge >= 0.3 is 5.97 Å². The van der Waals surface area contributed by atoms with Crippen LogP contribution in [0.1, 0.15) is 29.3 Å². The van der Waals surface area contributed by atoms with Crippen molar-refractivity contribution in [3.8, 4) is 11.5 Å². The van der Waals surface area contributed by atoms with Crippen molar-refractivity contribution in [2.45, 2.75) is 13.0 Å². The van der Waals surface area contributed by atoms with E-state index in [0.717, 1.165) is 12.1 Å². The van der Waals surface area contributed by atoms with Crippen LogP contribution in [0.15, 0.2) is 52.9 Å². The summed E-state index contributed by atoms with van der Waals surface area (Å²) < 4.78 is 23.5. The maximum atomic E-state index is 12.9. The monoisotopic (exact) mass is 414 g/mol. The lowest BCUT2D eigenvalue weighted by Crippen LogP contribution is -2.31. The molecule has 0 aliphatic heterocycles. The van der Waals surface area contributed by atoms with E-state index in [1.807, 2.05) is 0 Å². The SMILES string of the molecule is C[C@H](OC(=O)CNC(=O)c1ccc(F)cc1)c1nnc(-c2ccc([N+](=O)[O-])cc2)o1. The summed E-state index contributed by atoms with van der Waals surface area (Å²) >= 11 is 0. The zero-order valence-electron chi connectivity index (χ0n) is 15.6. The highest BCUT2D eigenvalue weighted by atomic mass is 19.1. The number of carbonyl (C=O) groups is 2. The quantitative estimate of drug-likeness (QED) is 0.354. The van der Waals surface area contributed by atoms with Crippen LogP contribution in [-0.2, 0) is 9.53 Å². The molecule has 3 aromatic rings. The van der Waals surface area contributed by atoms with E-state index in [1.165, 1.54) is 43.3 Å². The van der Waals surface area contributed by atoms with Gasteiger partial charge in [0.05, 0.1) is 4.92 Å². The molecule has 0 aliphatic carbocycles. The average Bonchev–Trinajstić information content (AvgIpc) is 3.23. The van der Waals surface area contributed by atoms with Gasteiger partial charge < -0.3 is 14.5 Å². The molecule has 3 rings (SSSR count). The number of ether oxygens (including phenoxy) is 1. The Kier molecular flexibility index (Phi) is 6.11. The Hall–Kier alpha value is -4.15. The molecule has 1 aromatic heterocycles. The minimum Gasteiger partial charge on any atom is -0.451 e. The first-order valence-electron chi connectivity index (χ1n) is 8.65. The summed E-state index contributed by atoms with van der Waals surface area (Å²) in [5.74, 6) is -1.66. The van der Waals surface area contributed by atoms with E-state index in [-0.39, 0.29) is 23.0 Å². The standard InChI is InChI=1S/C19H15FN4O6/c1-11(29-16(25)10-21-17(26)12-2-6-14(20)7-3-12)18-22-23-19(30-18)13-4-8-15(9-5-13)24(27)28/h2-9,11H,10H2,1H3,(H,21,26)/t11-/m0/s1. The number of rotatable bonds is 7. The van der Waals surface area contributed by atoms with Crippen LogP contribution in [-0.4, -0.2) is 33.5 Å². The van der Waals surface area contributed by atoms with Crippen molar-refractivity contribution in [2.75, 3.05) is 6.54 Å². The van der Waals surface area contributed by atoms with Crippen LogP contribution < -0.4 is 5.32 Å². The minimum absolute atomic E-state index is 0.0153. The van der Waals surface area contributed by atoms with Gasteiger partial charge in [0, 0.05) is 23.3 Å². The molecule has 0 saturated carbocycles. The van der Waals surface area contributed by atoms with Crippen molar-refractivity contribution in [1.29, 1.82) is 0 Å². The van der Waals surface area contributed by atoms with Crippen molar-refractivity contribution < 1.29 is 28.1 Å². The number of carbonyl (C=O) groups excluding carboxylic acids is 2. The molecule has 0 aliphatic rings. The zero-order valence-corrected chi connectivity index (χ0v) is 15.6. The Morgan fingerprint density at radius 1 is 1.17 bits per heavy atom. The maximum absolute atomic E-state index is 12.9. The van der Waals surface area contributed by atoms with Crippen molar-refractivity contribution in [1.82, 2.24) is 15.5 Å². The lowest BCUT2D eigenvalue weighted by atomic mass is 10.2. The summed E-state index contributed by atoms with van der Waals surface area (Å²) in [4.78, 5) is 34.0. The number of hydrogen-bond acceptors (Lipinski definition) is 8. The first-order chi connectivity index (χ1) is 14.3. The summed E-state index contributed by atoms with van der Waals surface area (Å²) in [6, 6.07) is 10.3. The van der Waals surface area contributed by atoms with Crippen LogP contribution in [0.5, 0.6) is 0 Å². The van der Waals surface area contributed by atoms with Crippen LogP contribution in [0.4, 0.5) is 10.1 Å². The predicted octanol–water partition coefficient (Wildman–Crippen LogP) is 2.82. The molecule has 1 heterocycles. The second-order valence-electron chi connectivity index (χ2n) is 6.07. The second kappa shape index (κ2) is 8.90. The van der Waals surface area contributed by atoms with E-state index in [1.54, 1.807) is 0 Å². The Labute approximate surface area is 168 Å². The summed E-state index contributed by atoms with van der Waals surface area (Å²) in [6.07, 6.45) is -0.889. The molecule has 2 aromatic carbocycles. The van der Waals surface area contributed by atoms with Crippen LogP contribution in [0.25, 0.3) is 11.5 Å². The number of esters is 1. The molecule has 1 amide bonds. The first-order valence-corrected chi connectivity index (χ1v) is 8.65. The van der Waals surface area contributed by atoms with Gasteiger partial charge in [-0.15, -0.1) is 10.2 Å². The summed E-state index contributed by atoms with van der Waals surface area (Å²) in [6.45, 7) is 1.09. The molecule has 0 spiro atoms. The second-order valence-corrected chi connectivity index (χ2v) is 6.07. The molecule has 154 valence electrons. The summed E-state index contributed by atoms with van der Waals surface area (Å²) in [5, 5.41) is 20.7. The van der Waals surface area contributed by atoms with Crippen LogP contribution >= 0.6 is 0 Å². The molecule has 30 heavy (non-hydrogen) atoms. The Morgan fingerprint density at radius 2 is 1.83 bits per heavy atom. The summed E-state index contributed by atoms with van der Waals surface area (Å²) in [5.41, 5.74) is 0.579. The van der Waals surface area contributed by atoms with E-state index >= 15 is 0 Å².